The molecule has 19 heavy (non-hydrogen) atoms. The van der Waals surface area contributed by atoms with E-state index < -0.39 is 0 Å². The normalized spacial score (nSPS) is 19.4. The summed E-state index contributed by atoms with van der Waals surface area (Å²) >= 11 is 0. The summed E-state index contributed by atoms with van der Waals surface area (Å²) in [6.07, 6.45) is 1.77. The molecule has 1 aromatic rings. The van der Waals surface area contributed by atoms with Gasteiger partial charge in [-0.3, -0.25) is 4.90 Å². The highest BCUT2D eigenvalue weighted by Gasteiger charge is 2.36. The second-order valence-corrected chi connectivity index (χ2v) is 5.72. The van der Waals surface area contributed by atoms with Crippen LogP contribution in [0.25, 0.3) is 0 Å². The Kier molecular flexibility index (Phi) is 4.08. The average Bonchev–Trinajstić information content (AvgIpc) is 2.41. The fourth-order valence-corrected chi connectivity index (χ4v) is 2.57. The Bertz CT molecular complexity index is 441. The third kappa shape index (κ3) is 2.88. The minimum absolute atomic E-state index is 0.169. The fraction of sp³-hybridized carbons (Fsp3) is 0.643. The number of morpholine rings is 1. The van der Waals surface area contributed by atoms with E-state index in [9.17, 15) is 0 Å². The lowest BCUT2D eigenvalue weighted by molar-refractivity contribution is -0.0190. The van der Waals surface area contributed by atoms with Crippen LogP contribution in [-0.4, -0.2) is 41.7 Å². The van der Waals surface area contributed by atoms with Crippen LogP contribution in [0.3, 0.4) is 0 Å². The Balaban J connectivity index is 2.25. The van der Waals surface area contributed by atoms with E-state index in [1.54, 1.807) is 6.20 Å². The van der Waals surface area contributed by atoms with Gasteiger partial charge in [0.05, 0.1) is 19.3 Å². The second-order valence-electron chi connectivity index (χ2n) is 5.72. The SMILES string of the molecule is Cc1cnc(N)c(C(N)C(C)(C)N2CCOCC2)c1. The Hall–Kier alpha value is -1.17. The molecule has 5 nitrogen and oxygen atoms in total. The van der Waals surface area contributed by atoms with Gasteiger partial charge in [0.25, 0.3) is 0 Å². The first kappa shape index (κ1) is 14.2. The van der Waals surface area contributed by atoms with Crippen molar-refractivity contribution in [1.29, 1.82) is 0 Å². The summed E-state index contributed by atoms with van der Waals surface area (Å²) in [4.78, 5) is 6.58. The molecule has 1 atom stereocenters. The zero-order chi connectivity index (χ0) is 14.0. The van der Waals surface area contributed by atoms with Crippen molar-refractivity contribution in [3.8, 4) is 0 Å². The topological polar surface area (TPSA) is 77.4 Å². The molecule has 0 bridgehead atoms. The van der Waals surface area contributed by atoms with E-state index in [1.165, 1.54) is 0 Å². The highest BCUT2D eigenvalue weighted by molar-refractivity contribution is 5.44. The smallest absolute Gasteiger partial charge is 0.128 e. The van der Waals surface area contributed by atoms with Crippen molar-refractivity contribution >= 4 is 5.82 Å². The quantitative estimate of drug-likeness (QED) is 0.854. The lowest BCUT2D eigenvalue weighted by Gasteiger charge is -2.44. The van der Waals surface area contributed by atoms with Gasteiger partial charge in [-0.1, -0.05) is 0 Å². The molecule has 2 rings (SSSR count). The minimum atomic E-state index is -0.173. The van der Waals surface area contributed by atoms with Gasteiger partial charge in [-0.15, -0.1) is 0 Å². The molecule has 1 aliphatic heterocycles. The first-order chi connectivity index (χ1) is 8.93. The van der Waals surface area contributed by atoms with Crippen molar-refractivity contribution in [2.45, 2.75) is 32.4 Å². The van der Waals surface area contributed by atoms with Crippen LogP contribution in [0, 0.1) is 6.92 Å². The lowest BCUT2D eigenvalue weighted by Crippen LogP contribution is -2.55. The van der Waals surface area contributed by atoms with Gasteiger partial charge in [-0.05, 0) is 32.4 Å². The van der Waals surface area contributed by atoms with Gasteiger partial charge in [0, 0.05) is 30.4 Å². The van der Waals surface area contributed by atoms with E-state index in [4.69, 9.17) is 16.2 Å². The number of nitrogens with two attached hydrogens (primary N) is 2. The first-order valence-electron chi connectivity index (χ1n) is 6.73. The van der Waals surface area contributed by atoms with E-state index >= 15 is 0 Å². The van der Waals surface area contributed by atoms with Crippen molar-refractivity contribution in [2.75, 3.05) is 32.0 Å². The highest BCUT2D eigenvalue weighted by atomic mass is 16.5. The number of pyridine rings is 1. The van der Waals surface area contributed by atoms with E-state index in [2.05, 4.69) is 23.7 Å². The monoisotopic (exact) mass is 264 g/mol. The molecule has 0 amide bonds. The number of anilines is 1. The van der Waals surface area contributed by atoms with Gasteiger partial charge in [0.2, 0.25) is 0 Å². The van der Waals surface area contributed by atoms with Crippen LogP contribution in [-0.2, 0) is 4.74 Å². The average molecular weight is 264 g/mol. The molecular weight excluding hydrogens is 240 g/mol. The number of hydrogen-bond acceptors (Lipinski definition) is 5. The fourth-order valence-electron chi connectivity index (χ4n) is 2.57. The zero-order valence-electron chi connectivity index (χ0n) is 12.0. The summed E-state index contributed by atoms with van der Waals surface area (Å²) in [5.74, 6) is 0.527. The largest absolute Gasteiger partial charge is 0.383 e. The van der Waals surface area contributed by atoms with Crippen molar-refractivity contribution in [3.05, 3.63) is 23.4 Å². The van der Waals surface area contributed by atoms with Crippen molar-refractivity contribution in [2.24, 2.45) is 5.73 Å². The van der Waals surface area contributed by atoms with Gasteiger partial charge < -0.3 is 16.2 Å². The van der Waals surface area contributed by atoms with Crippen LogP contribution < -0.4 is 11.5 Å². The lowest BCUT2D eigenvalue weighted by atomic mass is 9.87. The van der Waals surface area contributed by atoms with E-state index in [0.29, 0.717) is 5.82 Å². The van der Waals surface area contributed by atoms with Crippen molar-refractivity contribution in [1.82, 2.24) is 9.88 Å². The summed E-state index contributed by atoms with van der Waals surface area (Å²) in [6.45, 7) is 9.65. The van der Waals surface area contributed by atoms with Crippen molar-refractivity contribution < 1.29 is 4.74 Å². The van der Waals surface area contributed by atoms with Crippen LogP contribution >= 0.6 is 0 Å². The molecule has 1 unspecified atom stereocenters. The van der Waals surface area contributed by atoms with Gasteiger partial charge in [0.15, 0.2) is 0 Å². The summed E-state index contributed by atoms with van der Waals surface area (Å²) in [6, 6.07) is 1.87. The van der Waals surface area contributed by atoms with Crippen molar-refractivity contribution in [3.63, 3.8) is 0 Å². The first-order valence-corrected chi connectivity index (χ1v) is 6.73. The summed E-state index contributed by atoms with van der Waals surface area (Å²) in [7, 11) is 0. The Labute approximate surface area is 114 Å². The molecule has 5 heteroatoms. The number of hydrogen-bond donors (Lipinski definition) is 2. The number of nitrogens with zero attached hydrogens (tertiary/aromatic N) is 2. The molecule has 0 aromatic carbocycles. The van der Waals surface area contributed by atoms with Gasteiger partial charge in [0.1, 0.15) is 5.82 Å². The van der Waals surface area contributed by atoms with Gasteiger partial charge in [-0.25, -0.2) is 4.98 Å². The number of aromatic nitrogens is 1. The van der Waals surface area contributed by atoms with Crippen LogP contribution in [0.1, 0.15) is 31.0 Å². The van der Waals surface area contributed by atoms with E-state index in [-0.39, 0.29) is 11.6 Å². The van der Waals surface area contributed by atoms with Gasteiger partial charge in [-0.2, -0.15) is 0 Å². The Morgan fingerprint density at radius 3 is 2.63 bits per heavy atom. The molecule has 0 saturated carbocycles. The maximum Gasteiger partial charge on any atom is 0.128 e. The second kappa shape index (κ2) is 5.45. The van der Waals surface area contributed by atoms with Crippen LogP contribution in [0.4, 0.5) is 5.82 Å². The Morgan fingerprint density at radius 1 is 1.37 bits per heavy atom. The highest BCUT2D eigenvalue weighted by Crippen LogP contribution is 2.32. The molecular formula is C14H24N4O. The number of ether oxygens (including phenoxy) is 1. The maximum absolute atomic E-state index is 6.47. The molecule has 2 heterocycles. The minimum Gasteiger partial charge on any atom is -0.383 e. The number of rotatable bonds is 3. The van der Waals surface area contributed by atoms with Gasteiger partial charge >= 0.3 is 0 Å². The summed E-state index contributed by atoms with van der Waals surface area (Å²) < 4.78 is 5.40. The van der Waals surface area contributed by atoms with Crippen LogP contribution in [0.15, 0.2) is 12.3 Å². The molecule has 1 saturated heterocycles. The number of nitrogen functional groups attached to an aromatic ring is 1. The molecule has 1 fully saturated rings. The molecule has 0 spiro atoms. The molecule has 0 aliphatic carbocycles. The van der Waals surface area contributed by atoms with Crippen LogP contribution in [0.2, 0.25) is 0 Å². The molecule has 0 radical (unpaired) electrons. The maximum atomic E-state index is 6.47. The van der Waals surface area contributed by atoms with Crippen LogP contribution in [0.5, 0.6) is 0 Å². The van der Waals surface area contributed by atoms with E-state index in [1.807, 2.05) is 13.0 Å². The molecule has 1 aliphatic rings. The predicted molar refractivity (Wildman–Crippen MR) is 76.8 cm³/mol. The number of aryl methyl sites for hydroxylation is 1. The molecule has 4 N–H and O–H groups in total. The third-order valence-electron chi connectivity index (χ3n) is 4.01. The standard InChI is InChI=1S/C14H24N4O/c1-10-8-11(13(16)17-9-10)12(15)14(2,3)18-4-6-19-7-5-18/h8-9,12H,4-7,15H2,1-3H3,(H2,16,17). The Morgan fingerprint density at radius 2 is 2.00 bits per heavy atom. The third-order valence-corrected chi connectivity index (χ3v) is 4.01. The predicted octanol–water partition coefficient (Wildman–Crippen LogP) is 1.08. The molecule has 106 valence electrons. The summed E-state index contributed by atoms with van der Waals surface area (Å²) in [5.41, 5.74) is 14.3. The zero-order valence-corrected chi connectivity index (χ0v) is 12.0. The molecule has 1 aromatic heterocycles. The summed E-state index contributed by atoms with van der Waals surface area (Å²) in [5, 5.41) is 0. The van der Waals surface area contributed by atoms with E-state index in [0.717, 1.165) is 37.4 Å².